The molecule has 4 nitrogen and oxygen atoms in total. The molecule has 1 aromatic heterocycles. The number of nitrogens with zero attached hydrogens (tertiary/aromatic N) is 2. The third-order valence-electron chi connectivity index (χ3n) is 2.36. The van der Waals surface area contributed by atoms with Gasteiger partial charge in [0.2, 0.25) is 5.28 Å². The fourth-order valence-corrected chi connectivity index (χ4v) is 3.17. The van der Waals surface area contributed by atoms with E-state index in [1.165, 1.54) is 0 Å². The predicted octanol–water partition coefficient (Wildman–Crippen LogP) is 0.990. The summed E-state index contributed by atoms with van der Waals surface area (Å²) >= 11 is 5.66. The van der Waals surface area contributed by atoms with E-state index in [9.17, 15) is 4.21 Å². The number of hydrogen-bond acceptors (Lipinski definition) is 4. The van der Waals surface area contributed by atoms with Gasteiger partial charge in [0, 0.05) is 12.7 Å². The summed E-state index contributed by atoms with van der Waals surface area (Å²) in [6.45, 7) is 1.80. The van der Waals surface area contributed by atoms with Crippen LogP contribution in [0.25, 0.3) is 0 Å². The van der Waals surface area contributed by atoms with Crippen LogP contribution in [0.1, 0.15) is 12.8 Å². The van der Waals surface area contributed by atoms with Crippen LogP contribution in [-0.2, 0) is 10.8 Å². The molecule has 0 radical (unpaired) electrons. The van der Waals surface area contributed by atoms with Gasteiger partial charge in [0.05, 0.1) is 16.0 Å². The molecule has 82 valence electrons. The molecular weight excluding hydrogens is 234 g/mol. The summed E-state index contributed by atoms with van der Waals surface area (Å²) in [5.41, 5.74) is 0. The first-order valence-corrected chi connectivity index (χ1v) is 6.46. The molecule has 0 spiro atoms. The van der Waals surface area contributed by atoms with Crippen LogP contribution in [0.2, 0.25) is 5.28 Å². The van der Waals surface area contributed by atoms with Crippen LogP contribution in [0.15, 0.2) is 17.3 Å². The Labute approximate surface area is 95.9 Å². The van der Waals surface area contributed by atoms with E-state index in [2.05, 4.69) is 15.3 Å². The topological polar surface area (TPSA) is 54.9 Å². The lowest BCUT2D eigenvalue weighted by Gasteiger charge is -2.21. The van der Waals surface area contributed by atoms with Crippen LogP contribution < -0.4 is 5.32 Å². The van der Waals surface area contributed by atoms with Crippen molar-refractivity contribution in [3.63, 3.8) is 0 Å². The third kappa shape index (κ3) is 2.74. The summed E-state index contributed by atoms with van der Waals surface area (Å²) in [6.07, 6.45) is 3.58. The number of nitrogens with one attached hydrogen (secondary N) is 1. The normalized spacial score (nSPS) is 23.7. The highest BCUT2D eigenvalue weighted by molar-refractivity contribution is 7.85. The van der Waals surface area contributed by atoms with Crippen molar-refractivity contribution in [2.75, 3.05) is 13.1 Å². The zero-order valence-corrected chi connectivity index (χ0v) is 9.72. The Morgan fingerprint density at radius 3 is 3.13 bits per heavy atom. The Bertz CT molecular complexity index is 368. The SMILES string of the molecule is O=[S@](c1ccnc(Cl)n1)[C@H]1CCCNC1. The minimum atomic E-state index is -1.08. The van der Waals surface area contributed by atoms with E-state index in [-0.39, 0.29) is 10.5 Å². The smallest absolute Gasteiger partial charge is 0.223 e. The van der Waals surface area contributed by atoms with Crippen LogP contribution in [0, 0.1) is 0 Å². The second kappa shape index (κ2) is 5.01. The van der Waals surface area contributed by atoms with Gasteiger partial charge in [0.25, 0.3) is 0 Å². The summed E-state index contributed by atoms with van der Waals surface area (Å²) in [5, 5.41) is 4.06. The highest BCUT2D eigenvalue weighted by Gasteiger charge is 2.21. The van der Waals surface area contributed by atoms with Crippen molar-refractivity contribution in [1.82, 2.24) is 15.3 Å². The Kier molecular flexibility index (Phi) is 3.66. The lowest BCUT2D eigenvalue weighted by atomic mass is 10.2. The maximum atomic E-state index is 12.1. The molecule has 2 heterocycles. The molecule has 0 aromatic carbocycles. The third-order valence-corrected chi connectivity index (χ3v) is 4.19. The molecule has 1 aliphatic heterocycles. The largest absolute Gasteiger partial charge is 0.316 e. The Hall–Kier alpha value is -0.520. The zero-order valence-electron chi connectivity index (χ0n) is 8.15. The van der Waals surface area contributed by atoms with Gasteiger partial charge in [0.1, 0.15) is 5.03 Å². The number of hydrogen-bond donors (Lipinski definition) is 1. The van der Waals surface area contributed by atoms with E-state index < -0.39 is 10.8 Å². The molecular formula is C9H12ClN3OS. The van der Waals surface area contributed by atoms with E-state index in [1.54, 1.807) is 12.3 Å². The first-order valence-electron chi connectivity index (χ1n) is 4.87. The van der Waals surface area contributed by atoms with Gasteiger partial charge in [-0.15, -0.1) is 0 Å². The van der Waals surface area contributed by atoms with Crippen molar-refractivity contribution in [3.8, 4) is 0 Å². The predicted molar refractivity (Wildman–Crippen MR) is 59.3 cm³/mol. The van der Waals surface area contributed by atoms with Gasteiger partial charge < -0.3 is 5.32 Å². The van der Waals surface area contributed by atoms with Crippen molar-refractivity contribution in [2.45, 2.75) is 23.1 Å². The quantitative estimate of drug-likeness (QED) is 0.624. The van der Waals surface area contributed by atoms with Crippen LogP contribution in [0.5, 0.6) is 0 Å². The summed E-state index contributed by atoms with van der Waals surface area (Å²) < 4.78 is 12.1. The lowest BCUT2D eigenvalue weighted by Crippen LogP contribution is -2.36. The van der Waals surface area contributed by atoms with E-state index >= 15 is 0 Å². The second-order valence-corrected chi connectivity index (χ2v) is 5.45. The van der Waals surface area contributed by atoms with Crippen molar-refractivity contribution in [2.24, 2.45) is 0 Å². The molecule has 1 fully saturated rings. The molecule has 1 saturated heterocycles. The van der Waals surface area contributed by atoms with Crippen molar-refractivity contribution >= 4 is 22.4 Å². The zero-order chi connectivity index (χ0) is 10.7. The van der Waals surface area contributed by atoms with E-state index in [0.717, 1.165) is 25.9 Å². The van der Waals surface area contributed by atoms with Crippen LogP contribution >= 0.6 is 11.6 Å². The van der Waals surface area contributed by atoms with Crippen LogP contribution in [0.4, 0.5) is 0 Å². The minimum absolute atomic E-state index is 0.143. The fourth-order valence-electron chi connectivity index (χ4n) is 1.60. The molecule has 0 aliphatic carbocycles. The molecule has 15 heavy (non-hydrogen) atoms. The average molecular weight is 246 g/mol. The molecule has 0 unspecified atom stereocenters. The van der Waals surface area contributed by atoms with Gasteiger partial charge in [-0.2, -0.15) is 0 Å². The van der Waals surface area contributed by atoms with Gasteiger partial charge >= 0.3 is 0 Å². The monoisotopic (exact) mass is 245 g/mol. The maximum Gasteiger partial charge on any atom is 0.223 e. The average Bonchev–Trinajstić information content (AvgIpc) is 2.29. The highest BCUT2D eigenvalue weighted by atomic mass is 35.5. The second-order valence-electron chi connectivity index (χ2n) is 3.43. The Balaban J connectivity index is 2.12. The first kappa shape index (κ1) is 11.0. The number of aromatic nitrogens is 2. The van der Waals surface area contributed by atoms with E-state index in [4.69, 9.17) is 11.6 Å². The lowest BCUT2D eigenvalue weighted by molar-refractivity contribution is 0.519. The van der Waals surface area contributed by atoms with Crippen molar-refractivity contribution < 1.29 is 4.21 Å². The number of rotatable bonds is 2. The maximum absolute atomic E-state index is 12.1. The summed E-state index contributed by atoms with van der Waals surface area (Å²) in [4.78, 5) is 7.75. The molecule has 1 N–H and O–H groups in total. The van der Waals surface area contributed by atoms with Crippen molar-refractivity contribution in [3.05, 3.63) is 17.5 Å². The van der Waals surface area contributed by atoms with Gasteiger partial charge in [0.15, 0.2) is 0 Å². The van der Waals surface area contributed by atoms with Crippen LogP contribution in [-0.4, -0.2) is 32.5 Å². The van der Waals surface area contributed by atoms with E-state index in [0.29, 0.717) is 5.03 Å². The van der Waals surface area contributed by atoms with Crippen LogP contribution in [0.3, 0.4) is 0 Å². The number of piperidine rings is 1. The highest BCUT2D eigenvalue weighted by Crippen LogP contribution is 2.15. The first-order chi connectivity index (χ1) is 7.27. The van der Waals surface area contributed by atoms with Gasteiger partial charge in [-0.1, -0.05) is 0 Å². The van der Waals surface area contributed by atoms with E-state index in [1.807, 2.05) is 0 Å². The molecule has 2 atom stereocenters. The van der Waals surface area contributed by atoms with Gasteiger partial charge in [-0.3, -0.25) is 4.21 Å². The Morgan fingerprint density at radius 1 is 1.60 bits per heavy atom. The van der Waals surface area contributed by atoms with Gasteiger partial charge in [-0.05, 0) is 37.1 Å². The number of halogens is 1. The van der Waals surface area contributed by atoms with Crippen molar-refractivity contribution in [1.29, 1.82) is 0 Å². The molecule has 0 amide bonds. The molecule has 0 bridgehead atoms. The minimum Gasteiger partial charge on any atom is -0.316 e. The summed E-state index contributed by atoms with van der Waals surface area (Å²) in [5.74, 6) is 0. The summed E-state index contributed by atoms with van der Waals surface area (Å²) in [6, 6.07) is 1.66. The Morgan fingerprint density at radius 2 is 2.47 bits per heavy atom. The molecule has 1 aliphatic rings. The summed E-state index contributed by atoms with van der Waals surface area (Å²) in [7, 11) is -1.08. The standard InChI is InChI=1S/C9H12ClN3OS/c10-9-12-5-3-8(13-9)15(14)7-2-1-4-11-6-7/h3,5,7,11H,1-2,4,6H2/t7-,15-/m0/s1. The van der Waals surface area contributed by atoms with Gasteiger partial charge in [-0.25, -0.2) is 9.97 Å². The molecule has 1 aromatic rings. The fraction of sp³-hybridized carbons (Fsp3) is 0.556. The molecule has 0 saturated carbocycles. The molecule has 2 rings (SSSR count). The molecule has 6 heteroatoms.